The Labute approximate surface area is 177 Å². The first-order valence-electron chi connectivity index (χ1n) is 10.2. The highest BCUT2D eigenvalue weighted by atomic mass is 16.6. The summed E-state index contributed by atoms with van der Waals surface area (Å²) in [5.74, 6) is -0.311. The molecule has 0 fully saturated rings. The second-order valence-corrected chi connectivity index (χ2v) is 7.36. The number of carbonyl (C=O) groups excluding carboxylic acids is 2. The zero-order chi connectivity index (χ0) is 21.3. The zero-order valence-corrected chi connectivity index (χ0v) is 17.3. The number of amides is 1. The van der Waals surface area contributed by atoms with Crippen LogP contribution in [0.5, 0.6) is 5.75 Å². The van der Waals surface area contributed by atoms with Crippen molar-refractivity contribution in [1.82, 2.24) is 5.32 Å². The summed E-state index contributed by atoms with van der Waals surface area (Å²) in [5, 5.41) is 5.02. The first kappa shape index (κ1) is 21.4. The lowest BCUT2D eigenvalue weighted by Gasteiger charge is -2.18. The molecule has 0 bridgehead atoms. The maximum absolute atomic E-state index is 12.3. The Bertz CT molecular complexity index is 987. The van der Waals surface area contributed by atoms with Crippen LogP contribution in [0.25, 0.3) is 10.8 Å². The first-order valence-corrected chi connectivity index (χ1v) is 10.2. The number of hydrogen-bond acceptors (Lipinski definition) is 4. The summed E-state index contributed by atoms with van der Waals surface area (Å²) in [6, 6.07) is 23.6. The van der Waals surface area contributed by atoms with Crippen molar-refractivity contribution in [2.45, 2.75) is 38.8 Å². The topological polar surface area (TPSA) is 64.6 Å². The maximum atomic E-state index is 12.3. The van der Waals surface area contributed by atoms with E-state index in [1.54, 1.807) is 13.0 Å². The van der Waals surface area contributed by atoms with Crippen LogP contribution in [0.3, 0.4) is 0 Å². The largest absolute Gasteiger partial charge is 0.482 e. The van der Waals surface area contributed by atoms with Gasteiger partial charge in [-0.2, -0.15) is 0 Å². The van der Waals surface area contributed by atoms with Crippen LogP contribution in [-0.2, 0) is 20.7 Å². The Morgan fingerprint density at radius 2 is 1.60 bits per heavy atom. The Balaban J connectivity index is 1.40. The summed E-state index contributed by atoms with van der Waals surface area (Å²) in [6.45, 7) is 3.25. The molecule has 1 amide bonds. The van der Waals surface area contributed by atoms with Crippen molar-refractivity contribution in [1.29, 1.82) is 0 Å². The molecule has 5 heteroatoms. The fourth-order valence-electron chi connectivity index (χ4n) is 3.14. The standard InChI is InChI=1S/C25H27NO4/c1-18(12-13-20-8-4-3-5-9-20)26-25(28)19(2)30-24(27)17-29-23-15-14-21-10-6-7-11-22(21)16-23/h3-11,14-16,18-19H,12-13,17H2,1-2H3,(H,26,28)/t18-,19-/m1/s1. The SMILES string of the molecule is C[C@H](CCc1ccccc1)NC(=O)[C@@H](C)OC(=O)COc1ccc2ccccc2c1. The predicted octanol–water partition coefficient (Wildman–Crippen LogP) is 4.29. The number of fused-ring (bicyclic) bond motifs is 1. The molecule has 0 saturated heterocycles. The molecular weight excluding hydrogens is 378 g/mol. The van der Waals surface area contributed by atoms with Gasteiger partial charge in [0.05, 0.1) is 0 Å². The van der Waals surface area contributed by atoms with Crippen molar-refractivity contribution >= 4 is 22.6 Å². The van der Waals surface area contributed by atoms with E-state index in [1.165, 1.54) is 5.56 Å². The first-order chi connectivity index (χ1) is 14.5. The molecule has 0 radical (unpaired) electrons. The van der Waals surface area contributed by atoms with Crippen LogP contribution < -0.4 is 10.1 Å². The van der Waals surface area contributed by atoms with Gasteiger partial charge in [-0.3, -0.25) is 4.79 Å². The van der Waals surface area contributed by atoms with E-state index in [0.717, 1.165) is 23.6 Å². The molecule has 0 aromatic heterocycles. The third-order valence-corrected chi connectivity index (χ3v) is 4.85. The lowest BCUT2D eigenvalue weighted by molar-refractivity contribution is -0.156. The van der Waals surface area contributed by atoms with Gasteiger partial charge in [0.2, 0.25) is 0 Å². The number of esters is 1. The van der Waals surface area contributed by atoms with Crippen LogP contribution in [0.4, 0.5) is 0 Å². The van der Waals surface area contributed by atoms with Crippen LogP contribution in [0.15, 0.2) is 72.8 Å². The van der Waals surface area contributed by atoms with E-state index in [1.807, 2.05) is 61.5 Å². The van der Waals surface area contributed by atoms with Gasteiger partial charge in [-0.1, -0.05) is 60.7 Å². The minimum atomic E-state index is -0.878. The van der Waals surface area contributed by atoms with Crippen LogP contribution in [0, 0.1) is 0 Å². The molecule has 0 unspecified atom stereocenters. The van der Waals surface area contributed by atoms with Crippen LogP contribution in [-0.4, -0.2) is 30.6 Å². The number of hydrogen-bond donors (Lipinski definition) is 1. The molecule has 0 spiro atoms. The summed E-state index contributed by atoms with van der Waals surface area (Å²) in [7, 11) is 0. The summed E-state index contributed by atoms with van der Waals surface area (Å²) in [5.41, 5.74) is 1.23. The quantitative estimate of drug-likeness (QED) is 0.540. The third-order valence-electron chi connectivity index (χ3n) is 4.85. The van der Waals surface area contributed by atoms with Crippen molar-refractivity contribution in [3.63, 3.8) is 0 Å². The maximum Gasteiger partial charge on any atom is 0.344 e. The van der Waals surface area contributed by atoms with E-state index < -0.39 is 12.1 Å². The number of nitrogens with one attached hydrogen (secondary N) is 1. The van der Waals surface area contributed by atoms with E-state index in [9.17, 15) is 9.59 Å². The van der Waals surface area contributed by atoms with Gasteiger partial charge >= 0.3 is 5.97 Å². The summed E-state index contributed by atoms with van der Waals surface area (Å²) >= 11 is 0. The molecule has 3 aromatic carbocycles. The number of aryl methyl sites for hydroxylation is 1. The Morgan fingerprint density at radius 1 is 0.900 bits per heavy atom. The van der Waals surface area contributed by atoms with Crippen LogP contribution in [0.1, 0.15) is 25.8 Å². The second kappa shape index (κ2) is 10.4. The van der Waals surface area contributed by atoms with Gasteiger partial charge in [-0.15, -0.1) is 0 Å². The zero-order valence-electron chi connectivity index (χ0n) is 17.3. The predicted molar refractivity (Wildman–Crippen MR) is 117 cm³/mol. The molecule has 1 N–H and O–H groups in total. The fraction of sp³-hybridized carbons (Fsp3) is 0.280. The van der Waals surface area contributed by atoms with Crippen molar-refractivity contribution in [2.24, 2.45) is 0 Å². The van der Waals surface area contributed by atoms with E-state index in [2.05, 4.69) is 17.4 Å². The van der Waals surface area contributed by atoms with Gasteiger partial charge in [-0.05, 0) is 55.2 Å². The smallest absolute Gasteiger partial charge is 0.344 e. The highest BCUT2D eigenvalue weighted by molar-refractivity contribution is 5.85. The molecule has 0 saturated carbocycles. The van der Waals surface area contributed by atoms with Crippen LogP contribution in [0.2, 0.25) is 0 Å². The van der Waals surface area contributed by atoms with E-state index in [0.29, 0.717) is 5.75 Å². The van der Waals surface area contributed by atoms with Gasteiger partial charge in [-0.25, -0.2) is 4.79 Å². The lowest BCUT2D eigenvalue weighted by atomic mass is 10.1. The molecule has 0 aliphatic rings. The Morgan fingerprint density at radius 3 is 2.37 bits per heavy atom. The van der Waals surface area contributed by atoms with E-state index >= 15 is 0 Å². The van der Waals surface area contributed by atoms with Gasteiger partial charge in [0.25, 0.3) is 5.91 Å². The molecule has 5 nitrogen and oxygen atoms in total. The summed E-state index contributed by atoms with van der Waals surface area (Å²) < 4.78 is 10.7. The molecule has 3 rings (SSSR count). The van der Waals surface area contributed by atoms with Crippen molar-refractivity contribution in [3.8, 4) is 5.75 Å². The molecule has 30 heavy (non-hydrogen) atoms. The van der Waals surface area contributed by atoms with Gasteiger partial charge < -0.3 is 14.8 Å². The molecule has 2 atom stereocenters. The number of benzene rings is 3. The van der Waals surface area contributed by atoms with Crippen LogP contribution >= 0.6 is 0 Å². The highest BCUT2D eigenvalue weighted by Gasteiger charge is 2.19. The molecule has 0 aliphatic carbocycles. The third kappa shape index (κ3) is 6.34. The Hall–Kier alpha value is -3.34. The van der Waals surface area contributed by atoms with Crippen molar-refractivity contribution < 1.29 is 19.1 Å². The molecule has 3 aromatic rings. The van der Waals surface area contributed by atoms with Crippen molar-refractivity contribution in [3.05, 3.63) is 78.4 Å². The van der Waals surface area contributed by atoms with Crippen molar-refractivity contribution in [2.75, 3.05) is 6.61 Å². The minimum absolute atomic E-state index is 0.0206. The van der Waals surface area contributed by atoms with Gasteiger partial charge in [0.15, 0.2) is 12.7 Å². The molecule has 0 heterocycles. The summed E-state index contributed by atoms with van der Waals surface area (Å²) in [6.07, 6.45) is 0.800. The molecule has 156 valence electrons. The summed E-state index contributed by atoms with van der Waals surface area (Å²) in [4.78, 5) is 24.4. The normalized spacial score (nSPS) is 12.7. The average Bonchev–Trinajstić information content (AvgIpc) is 2.76. The number of rotatable bonds is 9. The molecular formula is C25H27NO4. The average molecular weight is 405 g/mol. The minimum Gasteiger partial charge on any atom is -0.482 e. The monoisotopic (exact) mass is 405 g/mol. The van der Waals surface area contributed by atoms with Gasteiger partial charge in [0.1, 0.15) is 5.75 Å². The fourth-order valence-corrected chi connectivity index (χ4v) is 3.14. The van der Waals surface area contributed by atoms with Gasteiger partial charge in [0, 0.05) is 6.04 Å². The Kier molecular flexibility index (Phi) is 7.44. The highest BCUT2D eigenvalue weighted by Crippen LogP contribution is 2.20. The second-order valence-electron chi connectivity index (χ2n) is 7.36. The number of ether oxygens (including phenoxy) is 2. The number of carbonyl (C=O) groups is 2. The van der Waals surface area contributed by atoms with E-state index in [4.69, 9.17) is 9.47 Å². The van der Waals surface area contributed by atoms with E-state index in [-0.39, 0.29) is 18.6 Å². The lowest BCUT2D eigenvalue weighted by Crippen LogP contribution is -2.41. The molecule has 0 aliphatic heterocycles.